The fraction of sp³-hybridized carbons (Fsp3) is 0.467. The van der Waals surface area contributed by atoms with E-state index in [0.717, 1.165) is 11.3 Å². The van der Waals surface area contributed by atoms with E-state index in [1.165, 1.54) is 0 Å². The van der Waals surface area contributed by atoms with Crippen molar-refractivity contribution < 1.29 is 19.3 Å². The predicted octanol–water partition coefficient (Wildman–Crippen LogP) is 1.46. The Balaban J connectivity index is 2.33. The van der Waals surface area contributed by atoms with E-state index >= 15 is 0 Å². The van der Waals surface area contributed by atoms with Crippen LogP contribution in [0.1, 0.15) is 12.5 Å². The average Bonchev–Trinajstić information content (AvgIpc) is 2.42. The van der Waals surface area contributed by atoms with Gasteiger partial charge in [0, 0.05) is 12.7 Å². The van der Waals surface area contributed by atoms with Gasteiger partial charge in [-0.2, -0.15) is 0 Å². The van der Waals surface area contributed by atoms with E-state index in [1.807, 2.05) is 31.2 Å². The van der Waals surface area contributed by atoms with Crippen LogP contribution in [0.3, 0.4) is 0 Å². The molecule has 1 N–H and O–H groups in total. The minimum Gasteiger partial charge on any atom is -0.491 e. The topological polar surface area (TPSA) is 47.9 Å². The van der Waals surface area contributed by atoms with Crippen molar-refractivity contribution in [2.45, 2.75) is 13.0 Å². The molecule has 4 heteroatoms. The SMILES string of the molecule is COCC(C)OCCOc1cccc(C#CCO)c1. The van der Waals surface area contributed by atoms with Crippen molar-refractivity contribution >= 4 is 0 Å². The summed E-state index contributed by atoms with van der Waals surface area (Å²) in [5.74, 6) is 6.17. The largest absolute Gasteiger partial charge is 0.491 e. The van der Waals surface area contributed by atoms with Crippen LogP contribution in [0.25, 0.3) is 0 Å². The second-order valence-electron chi connectivity index (χ2n) is 3.97. The zero-order valence-electron chi connectivity index (χ0n) is 11.4. The van der Waals surface area contributed by atoms with Crippen molar-refractivity contribution in [2.24, 2.45) is 0 Å². The fourth-order valence-electron chi connectivity index (χ4n) is 1.50. The Labute approximate surface area is 114 Å². The third-order valence-corrected chi connectivity index (χ3v) is 2.30. The van der Waals surface area contributed by atoms with Crippen LogP contribution in [0.5, 0.6) is 5.75 Å². The Morgan fingerprint density at radius 3 is 2.89 bits per heavy atom. The summed E-state index contributed by atoms with van der Waals surface area (Å²) in [5.41, 5.74) is 0.820. The summed E-state index contributed by atoms with van der Waals surface area (Å²) >= 11 is 0. The molecule has 0 aliphatic rings. The highest BCUT2D eigenvalue weighted by Gasteiger charge is 2.01. The Morgan fingerprint density at radius 2 is 2.16 bits per heavy atom. The third-order valence-electron chi connectivity index (χ3n) is 2.30. The van der Waals surface area contributed by atoms with Gasteiger partial charge in [0.1, 0.15) is 19.0 Å². The molecule has 0 aliphatic carbocycles. The van der Waals surface area contributed by atoms with Crippen molar-refractivity contribution in [1.29, 1.82) is 0 Å². The van der Waals surface area contributed by atoms with Gasteiger partial charge < -0.3 is 19.3 Å². The summed E-state index contributed by atoms with van der Waals surface area (Å²) in [4.78, 5) is 0. The van der Waals surface area contributed by atoms with Gasteiger partial charge >= 0.3 is 0 Å². The number of ether oxygens (including phenoxy) is 3. The molecule has 0 aliphatic heterocycles. The van der Waals surface area contributed by atoms with Crippen LogP contribution < -0.4 is 4.74 Å². The summed E-state index contributed by atoms with van der Waals surface area (Å²) in [7, 11) is 1.65. The summed E-state index contributed by atoms with van der Waals surface area (Å²) in [6, 6.07) is 7.43. The summed E-state index contributed by atoms with van der Waals surface area (Å²) in [5, 5.41) is 8.63. The molecule has 0 amide bonds. The minimum atomic E-state index is -0.143. The van der Waals surface area contributed by atoms with E-state index < -0.39 is 0 Å². The molecule has 0 saturated heterocycles. The second-order valence-corrected chi connectivity index (χ2v) is 3.97. The van der Waals surface area contributed by atoms with Gasteiger partial charge in [0.2, 0.25) is 0 Å². The van der Waals surface area contributed by atoms with Crippen LogP contribution in [0.4, 0.5) is 0 Å². The lowest BCUT2D eigenvalue weighted by molar-refractivity contribution is -0.00214. The predicted molar refractivity (Wildman–Crippen MR) is 73.2 cm³/mol. The molecule has 104 valence electrons. The molecule has 4 nitrogen and oxygen atoms in total. The van der Waals surface area contributed by atoms with Gasteiger partial charge in [0.05, 0.1) is 19.3 Å². The first kappa shape index (κ1) is 15.5. The number of hydrogen-bond acceptors (Lipinski definition) is 4. The van der Waals surface area contributed by atoms with Gasteiger partial charge in [0.25, 0.3) is 0 Å². The molecule has 0 radical (unpaired) electrons. The number of aliphatic hydroxyl groups excluding tert-OH is 1. The van der Waals surface area contributed by atoms with E-state index in [9.17, 15) is 0 Å². The van der Waals surface area contributed by atoms with Gasteiger partial charge in [0.15, 0.2) is 0 Å². The molecule has 0 aromatic heterocycles. The van der Waals surface area contributed by atoms with Gasteiger partial charge in [-0.05, 0) is 25.1 Å². The molecule has 1 rings (SSSR count). The average molecular weight is 264 g/mol. The highest BCUT2D eigenvalue weighted by molar-refractivity contribution is 5.39. The van der Waals surface area contributed by atoms with Crippen LogP contribution in [0.2, 0.25) is 0 Å². The summed E-state index contributed by atoms with van der Waals surface area (Å²) < 4.78 is 16.0. The molecule has 19 heavy (non-hydrogen) atoms. The number of rotatable bonds is 7. The molecule has 0 spiro atoms. The molecule has 0 saturated carbocycles. The maximum atomic E-state index is 8.63. The van der Waals surface area contributed by atoms with E-state index in [4.69, 9.17) is 19.3 Å². The zero-order valence-corrected chi connectivity index (χ0v) is 11.4. The maximum absolute atomic E-state index is 8.63. The van der Waals surface area contributed by atoms with E-state index in [-0.39, 0.29) is 12.7 Å². The van der Waals surface area contributed by atoms with Gasteiger partial charge in [-0.1, -0.05) is 17.9 Å². The zero-order chi connectivity index (χ0) is 13.9. The molecular formula is C15H20O4. The number of methoxy groups -OCH3 is 1. The Bertz CT molecular complexity index is 420. The quantitative estimate of drug-likeness (QED) is 0.598. The van der Waals surface area contributed by atoms with Crippen LogP contribution >= 0.6 is 0 Å². The van der Waals surface area contributed by atoms with Gasteiger partial charge in [-0.3, -0.25) is 0 Å². The van der Waals surface area contributed by atoms with Crippen LogP contribution in [-0.2, 0) is 9.47 Å². The fourth-order valence-corrected chi connectivity index (χ4v) is 1.50. The number of aliphatic hydroxyl groups is 1. The first-order chi connectivity index (χ1) is 9.26. The Morgan fingerprint density at radius 1 is 1.32 bits per heavy atom. The van der Waals surface area contributed by atoms with Gasteiger partial charge in [-0.15, -0.1) is 0 Å². The van der Waals surface area contributed by atoms with E-state index in [2.05, 4.69) is 11.8 Å². The highest BCUT2D eigenvalue weighted by atomic mass is 16.5. The lowest BCUT2D eigenvalue weighted by Crippen LogP contribution is -2.18. The number of hydrogen-bond donors (Lipinski definition) is 1. The normalized spacial score (nSPS) is 11.5. The van der Waals surface area contributed by atoms with E-state index in [0.29, 0.717) is 19.8 Å². The molecular weight excluding hydrogens is 244 g/mol. The monoisotopic (exact) mass is 264 g/mol. The van der Waals surface area contributed by atoms with Crippen molar-refractivity contribution in [3.63, 3.8) is 0 Å². The molecule has 1 aromatic carbocycles. The maximum Gasteiger partial charge on any atom is 0.120 e. The van der Waals surface area contributed by atoms with Crippen molar-refractivity contribution in [2.75, 3.05) is 33.5 Å². The number of benzene rings is 1. The lowest BCUT2D eigenvalue weighted by atomic mass is 10.2. The van der Waals surface area contributed by atoms with Crippen molar-refractivity contribution in [3.8, 4) is 17.6 Å². The van der Waals surface area contributed by atoms with Crippen molar-refractivity contribution in [3.05, 3.63) is 29.8 Å². The molecule has 1 unspecified atom stereocenters. The summed E-state index contributed by atoms with van der Waals surface area (Å²) in [6.07, 6.45) is 0.0651. The van der Waals surface area contributed by atoms with Crippen LogP contribution in [0, 0.1) is 11.8 Å². The molecule has 1 atom stereocenters. The van der Waals surface area contributed by atoms with E-state index in [1.54, 1.807) is 7.11 Å². The standard InChI is InChI=1S/C15H20O4/c1-13(12-17-2)18-9-10-19-15-7-3-5-14(11-15)6-4-8-16/h3,5,7,11,13,16H,8-10,12H2,1-2H3. The lowest BCUT2D eigenvalue weighted by Gasteiger charge is -2.12. The third kappa shape index (κ3) is 6.82. The van der Waals surface area contributed by atoms with Crippen LogP contribution in [-0.4, -0.2) is 44.7 Å². The minimum absolute atomic E-state index is 0.0651. The van der Waals surface area contributed by atoms with Gasteiger partial charge in [-0.25, -0.2) is 0 Å². The second kappa shape index (κ2) is 9.40. The molecule has 0 fully saturated rings. The first-order valence-electron chi connectivity index (χ1n) is 6.19. The van der Waals surface area contributed by atoms with Crippen LogP contribution in [0.15, 0.2) is 24.3 Å². The Kier molecular flexibility index (Phi) is 7.68. The smallest absolute Gasteiger partial charge is 0.120 e. The molecule has 0 bridgehead atoms. The molecule has 0 heterocycles. The highest BCUT2D eigenvalue weighted by Crippen LogP contribution is 2.12. The Hall–Kier alpha value is -1.54. The summed E-state index contributed by atoms with van der Waals surface area (Å²) in [6.45, 7) is 3.37. The molecule has 1 aromatic rings. The first-order valence-corrected chi connectivity index (χ1v) is 6.19. The van der Waals surface area contributed by atoms with Crippen molar-refractivity contribution in [1.82, 2.24) is 0 Å².